The van der Waals surface area contributed by atoms with Gasteiger partial charge in [0, 0.05) is 29.1 Å². The highest BCUT2D eigenvalue weighted by Gasteiger charge is 2.20. The Bertz CT molecular complexity index is 580. The molecule has 0 saturated heterocycles. The van der Waals surface area contributed by atoms with Gasteiger partial charge >= 0.3 is 0 Å². The standard InChI is InChI=1S/C15H16FN3/c1-17-13-3-2-4-14-12(13)9-18-15(19-14)10-5-7-11(16)8-6-10/h5-9,13,17H,2-4H2,1H3. The van der Waals surface area contributed by atoms with E-state index in [1.54, 1.807) is 12.1 Å². The van der Waals surface area contributed by atoms with Gasteiger partial charge < -0.3 is 5.32 Å². The molecule has 0 aliphatic heterocycles. The number of nitrogens with zero attached hydrogens (tertiary/aromatic N) is 2. The Balaban J connectivity index is 1.99. The van der Waals surface area contributed by atoms with Gasteiger partial charge in [-0.25, -0.2) is 14.4 Å². The van der Waals surface area contributed by atoms with Gasteiger partial charge in [0.15, 0.2) is 5.82 Å². The van der Waals surface area contributed by atoms with E-state index in [-0.39, 0.29) is 5.82 Å². The zero-order valence-corrected chi connectivity index (χ0v) is 10.9. The van der Waals surface area contributed by atoms with Gasteiger partial charge in [-0.2, -0.15) is 0 Å². The van der Waals surface area contributed by atoms with Crippen molar-refractivity contribution in [3.05, 3.63) is 47.5 Å². The van der Waals surface area contributed by atoms with Gasteiger partial charge in [0.1, 0.15) is 5.82 Å². The second-order valence-electron chi connectivity index (χ2n) is 4.84. The lowest BCUT2D eigenvalue weighted by molar-refractivity contribution is 0.488. The van der Waals surface area contributed by atoms with Crippen LogP contribution in [0.2, 0.25) is 0 Å². The van der Waals surface area contributed by atoms with Crippen molar-refractivity contribution in [2.45, 2.75) is 25.3 Å². The molecule has 1 N–H and O–H groups in total. The minimum Gasteiger partial charge on any atom is -0.313 e. The maximum absolute atomic E-state index is 12.9. The highest BCUT2D eigenvalue weighted by Crippen LogP contribution is 2.29. The molecule has 3 rings (SSSR count). The molecule has 1 aromatic carbocycles. The minimum absolute atomic E-state index is 0.239. The zero-order valence-electron chi connectivity index (χ0n) is 10.9. The molecule has 1 aromatic heterocycles. The Morgan fingerprint density at radius 3 is 2.79 bits per heavy atom. The number of halogens is 1. The first-order valence-electron chi connectivity index (χ1n) is 6.57. The number of aryl methyl sites for hydroxylation is 1. The molecule has 1 aliphatic carbocycles. The molecule has 0 amide bonds. The second kappa shape index (κ2) is 5.05. The maximum Gasteiger partial charge on any atom is 0.159 e. The quantitative estimate of drug-likeness (QED) is 0.899. The summed E-state index contributed by atoms with van der Waals surface area (Å²) in [5.41, 5.74) is 3.16. The van der Waals surface area contributed by atoms with E-state index in [0.717, 1.165) is 30.5 Å². The molecule has 1 unspecified atom stereocenters. The summed E-state index contributed by atoms with van der Waals surface area (Å²) in [7, 11) is 1.97. The van der Waals surface area contributed by atoms with Crippen LogP contribution in [-0.2, 0) is 6.42 Å². The summed E-state index contributed by atoms with van der Waals surface area (Å²) >= 11 is 0. The molecule has 0 radical (unpaired) electrons. The zero-order chi connectivity index (χ0) is 13.2. The number of aromatic nitrogens is 2. The molecule has 19 heavy (non-hydrogen) atoms. The molecule has 0 saturated carbocycles. The van der Waals surface area contributed by atoms with Crippen molar-refractivity contribution < 1.29 is 4.39 Å². The van der Waals surface area contributed by atoms with Crippen molar-refractivity contribution in [1.29, 1.82) is 0 Å². The van der Waals surface area contributed by atoms with E-state index in [1.807, 2.05) is 13.2 Å². The predicted molar refractivity (Wildman–Crippen MR) is 72.2 cm³/mol. The lowest BCUT2D eigenvalue weighted by atomic mass is 9.92. The largest absolute Gasteiger partial charge is 0.313 e. The van der Waals surface area contributed by atoms with Crippen LogP contribution in [0.25, 0.3) is 11.4 Å². The van der Waals surface area contributed by atoms with E-state index in [1.165, 1.54) is 17.7 Å². The monoisotopic (exact) mass is 257 g/mol. The first-order valence-corrected chi connectivity index (χ1v) is 6.57. The SMILES string of the molecule is CNC1CCCc2nc(-c3ccc(F)cc3)ncc21. The van der Waals surface area contributed by atoms with Gasteiger partial charge in [-0.1, -0.05) is 0 Å². The maximum atomic E-state index is 12.9. The van der Waals surface area contributed by atoms with Crippen LogP contribution in [0, 0.1) is 5.82 Å². The number of fused-ring (bicyclic) bond motifs is 1. The predicted octanol–water partition coefficient (Wildman–Crippen LogP) is 2.88. The number of benzene rings is 1. The number of hydrogen-bond donors (Lipinski definition) is 1. The van der Waals surface area contributed by atoms with Gasteiger partial charge in [-0.15, -0.1) is 0 Å². The Morgan fingerprint density at radius 2 is 2.05 bits per heavy atom. The molecule has 1 aliphatic rings. The third-order valence-corrected chi connectivity index (χ3v) is 3.63. The molecule has 4 heteroatoms. The fourth-order valence-corrected chi connectivity index (χ4v) is 2.58. The average molecular weight is 257 g/mol. The van der Waals surface area contributed by atoms with Gasteiger partial charge in [-0.3, -0.25) is 0 Å². The second-order valence-corrected chi connectivity index (χ2v) is 4.84. The summed E-state index contributed by atoms with van der Waals surface area (Å²) in [4.78, 5) is 9.05. The summed E-state index contributed by atoms with van der Waals surface area (Å²) in [6, 6.07) is 6.67. The highest BCUT2D eigenvalue weighted by atomic mass is 19.1. The lowest BCUT2D eigenvalue weighted by Gasteiger charge is -2.24. The average Bonchev–Trinajstić information content (AvgIpc) is 2.47. The Hall–Kier alpha value is -1.81. The van der Waals surface area contributed by atoms with Crippen molar-refractivity contribution in [3.8, 4) is 11.4 Å². The van der Waals surface area contributed by atoms with E-state index in [9.17, 15) is 4.39 Å². The fourth-order valence-electron chi connectivity index (χ4n) is 2.58. The summed E-state index contributed by atoms with van der Waals surface area (Å²) < 4.78 is 12.9. The van der Waals surface area contributed by atoms with Gasteiger partial charge in [-0.05, 0) is 50.6 Å². The van der Waals surface area contributed by atoms with Crippen molar-refractivity contribution in [2.24, 2.45) is 0 Å². The molecular weight excluding hydrogens is 241 g/mol. The molecule has 0 bridgehead atoms. The number of hydrogen-bond acceptors (Lipinski definition) is 3. The van der Waals surface area contributed by atoms with Crippen LogP contribution in [0.5, 0.6) is 0 Å². The van der Waals surface area contributed by atoms with Crippen molar-refractivity contribution in [1.82, 2.24) is 15.3 Å². The molecule has 3 nitrogen and oxygen atoms in total. The van der Waals surface area contributed by atoms with Crippen molar-refractivity contribution >= 4 is 0 Å². The van der Waals surface area contributed by atoms with Gasteiger partial charge in [0.2, 0.25) is 0 Å². The fraction of sp³-hybridized carbons (Fsp3) is 0.333. The van der Waals surface area contributed by atoms with Crippen LogP contribution in [0.15, 0.2) is 30.5 Å². The first-order chi connectivity index (χ1) is 9.28. The molecule has 0 fully saturated rings. The summed E-state index contributed by atoms with van der Waals surface area (Å²) in [5.74, 6) is 0.437. The summed E-state index contributed by atoms with van der Waals surface area (Å²) in [5, 5.41) is 3.30. The highest BCUT2D eigenvalue weighted by molar-refractivity contribution is 5.55. The lowest BCUT2D eigenvalue weighted by Crippen LogP contribution is -2.22. The molecule has 2 aromatic rings. The van der Waals surface area contributed by atoms with E-state index in [2.05, 4.69) is 15.3 Å². The van der Waals surface area contributed by atoms with Crippen molar-refractivity contribution in [2.75, 3.05) is 7.05 Å². The van der Waals surface area contributed by atoms with Crippen LogP contribution >= 0.6 is 0 Å². The van der Waals surface area contributed by atoms with Crippen LogP contribution in [-0.4, -0.2) is 17.0 Å². The van der Waals surface area contributed by atoms with Crippen LogP contribution in [0.4, 0.5) is 4.39 Å². The van der Waals surface area contributed by atoms with Gasteiger partial charge in [0.25, 0.3) is 0 Å². The minimum atomic E-state index is -0.239. The third kappa shape index (κ3) is 2.36. The smallest absolute Gasteiger partial charge is 0.159 e. The normalized spacial score (nSPS) is 18.1. The van der Waals surface area contributed by atoms with Crippen LogP contribution < -0.4 is 5.32 Å². The van der Waals surface area contributed by atoms with Gasteiger partial charge in [0.05, 0.1) is 0 Å². The number of rotatable bonds is 2. The topological polar surface area (TPSA) is 37.8 Å². The summed E-state index contributed by atoms with van der Waals surface area (Å²) in [6.07, 6.45) is 5.16. The van der Waals surface area contributed by atoms with E-state index >= 15 is 0 Å². The Labute approximate surface area is 111 Å². The molecule has 1 atom stereocenters. The third-order valence-electron chi connectivity index (χ3n) is 3.63. The van der Waals surface area contributed by atoms with E-state index in [0.29, 0.717) is 11.9 Å². The van der Waals surface area contributed by atoms with E-state index in [4.69, 9.17) is 0 Å². The van der Waals surface area contributed by atoms with E-state index < -0.39 is 0 Å². The first kappa shape index (κ1) is 12.2. The Kier molecular flexibility index (Phi) is 3.25. The summed E-state index contributed by atoms with van der Waals surface area (Å²) in [6.45, 7) is 0. The molecule has 0 spiro atoms. The van der Waals surface area contributed by atoms with Crippen molar-refractivity contribution in [3.63, 3.8) is 0 Å². The molecule has 98 valence electrons. The van der Waals surface area contributed by atoms with Crippen LogP contribution in [0.1, 0.15) is 30.1 Å². The number of nitrogens with one attached hydrogen (secondary N) is 1. The molecule has 1 heterocycles. The molecular formula is C15H16FN3. The van der Waals surface area contributed by atoms with Crippen LogP contribution in [0.3, 0.4) is 0 Å². The Morgan fingerprint density at radius 1 is 1.26 bits per heavy atom.